The maximum atomic E-state index is 12.1. The highest BCUT2D eigenvalue weighted by Crippen LogP contribution is 2.29. The zero-order valence-corrected chi connectivity index (χ0v) is 11.0. The van der Waals surface area contributed by atoms with E-state index in [0.717, 1.165) is 0 Å². The van der Waals surface area contributed by atoms with Crippen LogP contribution < -0.4 is 4.74 Å². The number of aliphatic hydroxyl groups is 2. The molecule has 0 spiro atoms. The summed E-state index contributed by atoms with van der Waals surface area (Å²) in [5.74, 6) is 0.108. The number of ether oxygens (including phenoxy) is 1. The summed E-state index contributed by atoms with van der Waals surface area (Å²) in [4.78, 5) is 0. The molecule has 0 saturated carbocycles. The van der Waals surface area contributed by atoms with Crippen molar-refractivity contribution in [1.29, 1.82) is 0 Å². The maximum Gasteiger partial charge on any atom is 0.417 e. The van der Waals surface area contributed by atoms with Gasteiger partial charge in [0.25, 0.3) is 0 Å². The van der Waals surface area contributed by atoms with Crippen LogP contribution in [0.4, 0.5) is 13.2 Å². The average Bonchev–Trinajstić information content (AvgIpc) is 2.25. The zero-order chi connectivity index (χ0) is 13.9. The molecular formula is C11H12BrF3O3. The Hall–Kier alpha value is -0.790. The van der Waals surface area contributed by atoms with Crippen molar-refractivity contribution in [2.45, 2.75) is 25.3 Å². The van der Waals surface area contributed by atoms with Gasteiger partial charge in [0, 0.05) is 10.0 Å². The highest BCUT2D eigenvalue weighted by atomic mass is 79.9. The Labute approximate surface area is 110 Å². The van der Waals surface area contributed by atoms with Crippen LogP contribution in [-0.2, 0) is 0 Å². The van der Waals surface area contributed by atoms with E-state index in [4.69, 9.17) is 9.84 Å². The van der Waals surface area contributed by atoms with Crippen molar-refractivity contribution in [1.82, 2.24) is 0 Å². The summed E-state index contributed by atoms with van der Waals surface area (Å²) in [6.07, 6.45) is -8.16. The maximum absolute atomic E-state index is 12.1. The van der Waals surface area contributed by atoms with Crippen LogP contribution in [0.15, 0.2) is 22.7 Å². The second kappa shape index (κ2) is 5.90. The van der Waals surface area contributed by atoms with Crippen molar-refractivity contribution < 1.29 is 28.1 Å². The molecule has 0 amide bonds. The van der Waals surface area contributed by atoms with E-state index in [1.807, 2.05) is 0 Å². The molecule has 1 rings (SSSR count). The van der Waals surface area contributed by atoms with Crippen LogP contribution >= 0.6 is 15.9 Å². The van der Waals surface area contributed by atoms with Gasteiger partial charge >= 0.3 is 6.18 Å². The summed E-state index contributed by atoms with van der Waals surface area (Å²) in [5, 5.41) is 18.3. The normalized spacial score (nSPS) is 15.3. The molecule has 0 aliphatic heterocycles. The number of halogens is 4. The molecule has 1 aromatic carbocycles. The first-order valence-electron chi connectivity index (χ1n) is 5.07. The van der Waals surface area contributed by atoms with Crippen LogP contribution in [0.1, 0.15) is 18.6 Å². The Morgan fingerprint density at radius 1 is 1.33 bits per heavy atom. The molecule has 0 heterocycles. The molecule has 1 unspecified atom stereocenters. The molecule has 0 saturated heterocycles. The van der Waals surface area contributed by atoms with Crippen LogP contribution in [0.2, 0.25) is 0 Å². The molecule has 0 bridgehead atoms. The third-order valence-electron chi connectivity index (χ3n) is 2.20. The first kappa shape index (κ1) is 15.3. The standard InChI is InChI=1S/C11H12BrF3O3/c1-6(16)8-4-7(12)2-3-9(8)18-5-10(17)11(13,14)15/h2-4,6,10,16-17H,5H2,1H3/t6-,10?/m1/s1. The lowest BCUT2D eigenvalue weighted by molar-refractivity contribution is -0.210. The predicted molar refractivity (Wildman–Crippen MR) is 62.3 cm³/mol. The highest BCUT2D eigenvalue weighted by Gasteiger charge is 2.38. The van der Waals surface area contributed by atoms with Gasteiger partial charge in [-0.3, -0.25) is 0 Å². The van der Waals surface area contributed by atoms with Gasteiger partial charge in [0.05, 0.1) is 6.10 Å². The number of alkyl halides is 3. The predicted octanol–water partition coefficient (Wildman–Crippen LogP) is 2.80. The number of hydrogen-bond donors (Lipinski definition) is 2. The first-order valence-corrected chi connectivity index (χ1v) is 5.86. The van der Waals surface area contributed by atoms with E-state index in [1.165, 1.54) is 13.0 Å². The molecule has 2 atom stereocenters. The lowest BCUT2D eigenvalue weighted by Gasteiger charge is -2.18. The van der Waals surface area contributed by atoms with Crippen LogP contribution in [0, 0.1) is 0 Å². The minimum Gasteiger partial charge on any atom is -0.490 e. The molecule has 2 N–H and O–H groups in total. The minimum absolute atomic E-state index is 0.108. The molecule has 0 fully saturated rings. The van der Waals surface area contributed by atoms with Crippen molar-refractivity contribution in [2.24, 2.45) is 0 Å². The fraction of sp³-hybridized carbons (Fsp3) is 0.455. The fourth-order valence-corrected chi connectivity index (χ4v) is 1.62. The van der Waals surface area contributed by atoms with Gasteiger partial charge in [-0.1, -0.05) is 15.9 Å². The van der Waals surface area contributed by atoms with E-state index in [2.05, 4.69) is 15.9 Å². The molecule has 3 nitrogen and oxygen atoms in total. The topological polar surface area (TPSA) is 49.7 Å². The molecule has 18 heavy (non-hydrogen) atoms. The quantitative estimate of drug-likeness (QED) is 0.893. The van der Waals surface area contributed by atoms with Gasteiger partial charge in [0.1, 0.15) is 12.4 Å². The van der Waals surface area contributed by atoms with Crippen LogP contribution in [0.3, 0.4) is 0 Å². The monoisotopic (exact) mass is 328 g/mol. The largest absolute Gasteiger partial charge is 0.490 e. The van der Waals surface area contributed by atoms with Crippen LogP contribution in [0.25, 0.3) is 0 Å². The van der Waals surface area contributed by atoms with Crippen molar-refractivity contribution in [3.8, 4) is 5.75 Å². The van der Waals surface area contributed by atoms with Crippen molar-refractivity contribution in [3.63, 3.8) is 0 Å². The molecular weight excluding hydrogens is 317 g/mol. The summed E-state index contributed by atoms with van der Waals surface area (Å²) < 4.78 is 41.8. The second-order valence-electron chi connectivity index (χ2n) is 3.73. The first-order chi connectivity index (χ1) is 8.21. The van der Waals surface area contributed by atoms with Crippen molar-refractivity contribution >= 4 is 15.9 Å². The van der Waals surface area contributed by atoms with E-state index >= 15 is 0 Å². The van der Waals surface area contributed by atoms with Gasteiger partial charge < -0.3 is 14.9 Å². The number of rotatable bonds is 4. The molecule has 0 radical (unpaired) electrons. The summed E-state index contributed by atoms with van der Waals surface area (Å²) in [5.41, 5.74) is 0.346. The summed E-state index contributed by atoms with van der Waals surface area (Å²) in [6, 6.07) is 4.54. The lowest BCUT2D eigenvalue weighted by atomic mass is 10.1. The average molecular weight is 329 g/mol. The Morgan fingerprint density at radius 2 is 1.94 bits per heavy atom. The van der Waals surface area contributed by atoms with Crippen LogP contribution in [0.5, 0.6) is 5.75 Å². The molecule has 7 heteroatoms. The fourth-order valence-electron chi connectivity index (χ4n) is 1.24. The molecule has 0 aliphatic carbocycles. The van der Waals surface area contributed by atoms with E-state index in [-0.39, 0.29) is 5.75 Å². The van der Waals surface area contributed by atoms with E-state index in [9.17, 15) is 18.3 Å². The van der Waals surface area contributed by atoms with E-state index in [0.29, 0.717) is 10.0 Å². The number of hydrogen-bond acceptors (Lipinski definition) is 3. The minimum atomic E-state index is -4.72. The molecule has 1 aromatic rings. The Balaban J connectivity index is 2.79. The summed E-state index contributed by atoms with van der Waals surface area (Å²) >= 11 is 3.18. The van der Waals surface area contributed by atoms with Crippen molar-refractivity contribution in [3.05, 3.63) is 28.2 Å². The van der Waals surface area contributed by atoms with Gasteiger partial charge in [-0.2, -0.15) is 13.2 Å². The molecule has 102 valence electrons. The smallest absolute Gasteiger partial charge is 0.417 e. The summed E-state index contributed by atoms with van der Waals surface area (Å²) in [6.45, 7) is 0.555. The van der Waals surface area contributed by atoms with Gasteiger partial charge in [0.15, 0.2) is 6.10 Å². The highest BCUT2D eigenvalue weighted by molar-refractivity contribution is 9.10. The Bertz CT molecular complexity index is 407. The second-order valence-corrected chi connectivity index (χ2v) is 4.64. The Morgan fingerprint density at radius 3 is 2.44 bits per heavy atom. The lowest BCUT2D eigenvalue weighted by Crippen LogP contribution is -2.34. The van der Waals surface area contributed by atoms with Gasteiger partial charge in [-0.25, -0.2) is 0 Å². The van der Waals surface area contributed by atoms with Gasteiger partial charge in [0.2, 0.25) is 0 Å². The van der Waals surface area contributed by atoms with Crippen molar-refractivity contribution in [2.75, 3.05) is 6.61 Å². The number of aliphatic hydroxyl groups excluding tert-OH is 2. The van der Waals surface area contributed by atoms with Gasteiger partial charge in [-0.15, -0.1) is 0 Å². The SMILES string of the molecule is C[C@@H](O)c1cc(Br)ccc1OCC(O)C(F)(F)F. The molecule has 0 aliphatic rings. The number of benzene rings is 1. The Kier molecular flexibility index (Phi) is 5.01. The summed E-state index contributed by atoms with van der Waals surface area (Å²) in [7, 11) is 0. The van der Waals surface area contributed by atoms with E-state index in [1.54, 1.807) is 12.1 Å². The van der Waals surface area contributed by atoms with Gasteiger partial charge in [-0.05, 0) is 25.1 Å². The third kappa shape index (κ3) is 4.15. The zero-order valence-electron chi connectivity index (χ0n) is 9.41. The third-order valence-corrected chi connectivity index (χ3v) is 2.69. The van der Waals surface area contributed by atoms with Crippen LogP contribution in [-0.4, -0.2) is 29.1 Å². The molecule has 0 aromatic heterocycles. The van der Waals surface area contributed by atoms with E-state index < -0.39 is 25.0 Å².